The molecule has 5 heteroatoms. The van der Waals surface area contributed by atoms with Crippen LogP contribution in [-0.4, -0.2) is 17.9 Å². The van der Waals surface area contributed by atoms with Crippen LogP contribution in [0.3, 0.4) is 0 Å². The Bertz CT molecular complexity index is 742. The zero-order chi connectivity index (χ0) is 15.9. The second kappa shape index (κ2) is 5.65. The van der Waals surface area contributed by atoms with Crippen LogP contribution in [0.1, 0.15) is 35.3 Å². The van der Waals surface area contributed by atoms with Gasteiger partial charge in [-0.15, -0.1) is 0 Å². The molecule has 1 aliphatic rings. The first kappa shape index (κ1) is 15.5. The van der Waals surface area contributed by atoms with Crippen LogP contribution in [-0.2, 0) is 16.7 Å². The SMILES string of the molecule is CC1(C)OB(O)c2cc(CC(=O)c3ccccc3Br)ccc21. The topological polar surface area (TPSA) is 46.5 Å². The van der Waals surface area contributed by atoms with Gasteiger partial charge in [-0.2, -0.15) is 0 Å². The van der Waals surface area contributed by atoms with Crippen LogP contribution < -0.4 is 5.46 Å². The van der Waals surface area contributed by atoms with Crippen LogP contribution in [0.15, 0.2) is 46.9 Å². The summed E-state index contributed by atoms with van der Waals surface area (Å²) >= 11 is 3.40. The summed E-state index contributed by atoms with van der Waals surface area (Å²) in [6.45, 7) is 3.85. The fraction of sp³-hybridized carbons (Fsp3) is 0.235. The molecule has 112 valence electrons. The molecule has 1 aliphatic heterocycles. The highest BCUT2D eigenvalue weighted by Crippen LogP contribution is 2.30. The number of Topliss-reactive ketones (excluding diaryl/α,β-unsaturated/α-hetero) is 1. The zero-order valence-electron chi connectivity index (χ0n) is 12.5. The molecule has 2 aromatic rings. The summed E-state index contributed by atoms with van der Waals surface area (Å²) in [5.74, 6) is 0.0418. The van der Waals surface area contributed by atoms with Gasteiger partial charge < -0.3 is 9.68 Å². The zero-order valence-corrected chi connectivity index (χ0v) is 14.1. The fourth-order valence-corrected chi connectivity index (χ4v) is 3.35. The standard InChI is InChI=1S/C17H16BBrO3/c1-17(2)13-8-7-11(9-14(13)18(21)22-17)10-16(20)12-5-3-4-6-15(12)19/h3-9,21H,10H2,1-2H3. The van der Waals surface area contributed by atoms with E-state index in [1.807, 2.05) is 50.2 Å². The monoisotopic (exact) mass is 358 g/mol. The number of benzene rings is 2. The van der Waals surface area contributed by atoms with Crippen molar-refractivity contribution >= 4 is 34.3 Å². The normalized spacial score (nSPS) is 15.7. The number of carbonyl (C=O) groups excluding carboxylic acids is 1. The van der Waals surface area contributed by atoms with E-state index in [0.29, 0.717) is 12.0 Å². The molecule has 0 amide bonds. The number of halogens is 1. The molecule has 1 N–H and O–H groups in total. The van der Waals surface area contributed by atoms with Crippen LogP contribution in [0.4, 0.5) is 0 Å². The lowest BCUT2D eigenvalue weighted by Crippen LogP contribution is -2.29. The molecule has 1 heterocycles. The Balaban J connectivity index is 1.88. The summed E-state index contributed by atoms with van der Waals surface area (Å²) in [5.41, 5.74) is 2.76. The molecule has 0 fully saturated rings. The lowest BCUT2D eigenvalue weighted by atomic mass is 9.77. The molecular weight excluding hydrogens is 343 g/mol. The molecule has 0 unspecified atom stereocenters. The highest BCUT2D eigenvalue weighted by molar-refractivity contribution is 9.10. The van der Waals surface area contributed by atoms with Crippen molar-refractivity contribution in [2.75, 3.05) is 0 Å². The first-order valence-corrected chi connectivity index (χ1v) is 7.95. The number of ketones is 1. The van der Waals surface area contributed by atoms with Gasteiger partial charge in [0, 0.05) is 16.5 Å². The molecule has 0 aromatic heterocycles. The Morgan fingerprint density at radius 2 is 2.00 bits per heavy atom. The lowest BCUT2D eigenvalue weighted by Gasteiger charge is -2.19. The maximum atomic E-state index is 12.4. The van der Waals surface area contributed by atoms with E-state index in [2.05, 4.69) is 15.9 Å². The third-order valence-corrected chi connectivity index (χ3v) is 4.67. The van der Waals surface area contributed by atoms with E-state index < -0.39 is 12.7 Å². The van der Waals surface area contributed by atoms with Gasteiger partial charge in [0.1, 0.15) is 0 Å². The first-order chi connectivity index (χ1) is 10.4. The van der Waals surface area contributed by atoms with E-state index in [1.54, 1.807) is 6.07 Å². The second-order valence-electron chi connectivity index (χ2n) is 5.98. The average Bonchev–Trinajstić information content (AvgIpc) is 2.69. The minimum Gasteiger partial charge on any atom is -0.423 e. The van der Waals surface area contributed by atoms with Crippen molar-refractivity contribution in [1.29, 1.82) is 0 Å². The minimum atomic E-state index is -0.927. The van der Waals surface area contributed by atoms with Crippen molar-refractivity contribution in [2.24, 2.45) is 0 Å². The minimum absolute atomic E-state index is 0.0418. The molecule has 0 aliphatic carbocycles. The lowest BCUT2D eigenvalue weighted by molar-refractivity contribution is 0.0990. The van der Waals surface area contributed by atoms with Gasteiger partial charge >= 0.3 is 7.12 Å². The predicted molar refractivity (Wildman–Crippen MR) is 90.3 cm³/mol. The highest BCUT2D eigenvalue weighted by Gasteiger charge is 2.40. The molecule has 2 aromatic carbocycles. The molecule has 0 bridgehead atoms. The molecule has 0 spiro atoms. The van der Waals surface area contributed by atoms with Gasteiger partial charge in [0.05, 0.1) is 5.60 Å². The summed E-state index contributed by atoms with van der Waals surface area (Å²) in [6.07, 6.45) is 0.295. The Morgan fingerprint density at radius 1 is 1.27 bits per heavy atom. The number of hydrogen-bond acceptors (Lipinski definition) is 3. The van der Waals surface area contributed by atoms with Crippen molar-refractivity contribution in [3.05, 3.63) is 63.6 Å². The van der Waals surface area contributed by atoms with Crippen LogP contribution in [0, 0.1) is 0 Å². The third kappa shape index (κ3) is 2.76. The van der Waals surface area contributed by atoms with Crippen molar-refractivity contribution in [3.63, 3.8) is 0 Å². The van der Waals surface area contributed by atoms with Crippen LogP contribution in [0.5, 0.6) is 0 Å². The molecule has 3 nitrogen and oxygen atoms in total. The van der Waals surface area contributed by atoms with Gasteiger partial charge in [-0.25, -0.2) is 0 Å². The van der Waals surface area contributed by atoms with Crippen molar-refractivity contribution < 1.29 is 14.5 Å². The fourth-order valence-electron chi connectivity index (χ4n) is 2.85. The number of carbonyl (C=O) groups is 1. The van der Waals surface area contributed by atoms with Crippen molar-refractivity contribution in [1.82, 2.24) is 0 Å². The van der Waals surface area contributed by atoms with Crippen molar-refractivity contribution in [2.45, 2.75) is 25.9 Å². The summed E-state index contributed by atoms with van der Waals surface area (Å²) < 4.78 is 6.34. The average molecular weight is 359 g/mol. The molecule has 22 heavy (non-hydrogen) atoms. The van der Waals surface area contributed by atoms with Gasteiger partial charge in [-0.05, 0) is 36.5 Å². The summed E-state index contributed by atoms with van der Waals surface area (Å²) in [6, 6.07) is 13.1. The summed E-state index contributed by atoms with van der Waals surface area (Å²) in [5, 5.41) is 10.0. The number of rotatable bonds is 3. The van der Waals surface area contributed by atoms with E-state index in [-0.39, 0.29) is 5.78 Å². The van der Waals surface area contributed by atoms with Crippen molar-refractivity contribution in [3.8, 4) is 0 Å². The Kier molecular flexibility index (Phi) is 3.97. The summed E-state index contributed by atoms with van der Waals surface area (Å²) in [4.78, 5) is 12.4. The Hall–Kier alpha value is -1.43. The Morgan fingerprint density at radius 3 is 2.73 bits per heavy atom. The van der Waals surface area contributed by atoms with Gasteiger partial charge in [-0.3, -0.25) is 4.79 Å². The number of hydrogen-bond donors (Lipinski definition) is 1. The van der Waals surface area contributed by atoms with E-state index in [0.717, 1.165) is 21.1 Å². The maximum absolute atomic E-state index is 12.4. The molecule has 0 radical (unpaired) electrons. The second-order valence-corrected chi connectivity index (χ2v) is 6.84. The highest BCUT2D eigenvalue weighted by atomic mass is 79.9. The smallest absolute Gasteiger partial charge is 0.423 e. The van der Waals surface area contributed by atoms with Crippen LogP contribution in [0.2, 0.25) is 0 Å². The van der Waals surface area contributed by atoms with Gasteiger partial charge in [0.2, 0.25) is 0 Å². The van der Waals surface area contributed by atoms with Gasteiger partial charge in [-0.1, -0.05) is 52.3 Å². The Labute approximate surface area is 138 Å². The van der Waals surface area contributed by atoms with Gasteiger partial charge in [0.15, 0.2) is 5.78 Å². The van der Waals surface area contributed by atoms with Gasteiger partial charge in [0.25, 0.3) is 0 Å². The molecule has 3 rings (SSSR count). The quantitative estimate of drug-likeness (QED) is 0.677. The maximum Gasteiger partial charge on any atom is 0.492 e. The molecular formula is C17H16BBrO3. The van der Waals surface area contributed by atoms with E-state index in [9.17, 15) is 9.82 Å². The van der Waals surface area contributed by atoms with E-state index in [1.165, 1.54) is 0 Å². The van der Waals surface area contributed by atoms with Crippen LogP contribution in [0.25, 0.3) is 0 Å². The summed E-state index contributed by atoms with van der Waals surface area (Å²) in [7, 11) is -0.927. The molecule has 0 saturated carbocycles. The predicted octanol–water partition coefficient (Wildman–Crippen LogP) is 2.83. The third-order valence-electron chi connectivity index (χ3n) is 3.98. The van der Waals surface area contributed by atoms with E-state index in [4.69, 9.17) is 4.65 Å². The van der Waals surface area contributed by atoms with E-state index >= 15 is 0 Å². The number of fused-ring (bicyclic) bond motifs is 1. The van der Waals surface area contributed by atoms with Crippen LogP contribution >= 0.6 is 15.9 Å². The first-order valence-electron chi connectivity index (χ1n) is 7.15. The molecule has 0 atom stereocenters. The largest absolute Gasteiger partial charge is 0.492 e. The molecule has 0 saturated heterocycles.